The number of hydrogen-bond acceptors (Lipinski definition) is 1. The molecule has 0 unspecified atom stereocenters. The molecule has 38 heavy (non-hydrogen) atoms. The molecule has 0 spiro atoms. The molecule has 4 heteroatoms. The zero-order valence-corrected chi connectivity index (χ0v) is 26.1. The highest BCUT2D eigenvalue weighted by Crippen LogP contribution is 2.31. The van der Waals surface area contributed by atoms with Crippen LogP contribution >= 0.6 is 0 Å². The highest BCUT2D eigenvalue weighted by atomic mass is 15.2. The molecule has 3 aromatic rings. The fraction of sp³-hybridized carbons (Fsp3) is 0.471. The average molecular weight is 515 g/mol. The molecular weight excluding hydrogens is 464 g/mol. The summed E-state index contributed by atoms with van der Waals surface area (Å²) in [5, 5.41) is 0. The number of rotatable bonds is 6. The molecule has 3 rings (SSSR count). The van der Waals surface area contributed by atoms with Gasteiger partial charge in [-0.05, 0) is 62.3 Å². The van der Waals surface area contributed by atoms with Crippen molar-refractivity contribution in [3.8, 4) is 5.82 Å². The van der Waals surface area contributed by atoms with Crippen LogP contribution in [0.3, 0.4) is 0 Å². The monoisotopic (exact) mass is 514 g/mol. The van der Waals surface area contributed by atoms with E-state index in [9.17, 15) is 0 Å². The van der Waals surface area contributed by atoms with Crippen LogP contribution in [0.1, 0.15) is 85.0 Å². The van der Waals surface area contributed by atoms with E-state index in [1.54, 1.807) is 0 Å². The van der Waals surface area contributed by atoms with E-state index in [2.05, 4.69) is 176 Å². The predicted molar refractivity (Wildman–Crippen MR) is 161 cm³/mol. The second kappa shape index (κ2) is 10.6. The first-order chi connectivity index (χ1) is 17.5. The minimum atomic E-state index is -0.232. The average Bonchev–Trinajstić information content (AvgIpc) is 3.20. The molecule has 0 N–H and O–H groups in total. The summed E-state index contributed by atoms with van der Waals surface area (Å²) < 4.78 is 7.00. The third kappa shape index (κ3) is 5.80. The predicted octanol–water partition coefficient (Wildman–Crippen LogP) is 7.00. The van der Waals surface area contributed by atoms with Gasteiger partial charge < -0.3 is 0 Å². The van der Waals surface area contributed by atoms with Gasteiger partial charge in [0.15, 0.2) is 0 Å². The van der Waals surface area contributed by atoms with Crippen molar-refractivity contribution >= 4 is 5.82 Å². The summed E-state index contributed by atoms with van der Waals surface area (Å²) in [6.45, 7) is 22.5. The van der Waals surface area contributed by atoms with Crippen LogP contribution in [0.15, 0.2) is 72.6 Å². The Labute approximate surface area is 232 Å². The zero-order valence-electron chi connectivity index (χ0n) is 26.1. The maximum absolute atomic E-state index is 2.35. The summed E-state index contributed by atoms with van der Waals surface area (Å²) in [5.74, 6) is 2.32. The van der Waals surface area contributed by atoms with Crippen LogP contribution < -0.4 is 14.0 Å². The van der Waals surface area contributed by atoms with Crippen LogP contribution in [0, 0.1) is 12.3 Å². The number of aromatic nitrogens is 3. The minimum absolute atomic E-state index is 0.0634. The van der Waals surface area contributed by atoms with Crippen molar-refractivity contribution in [2.75, 3.05) is 11.9 Å². The van der Waals surface area contributed by atoms with Crippen molar-refractivity contribution in [1.82, 2.24) is 4.57 Å². The topological polar surface area (TPSA) is 15.9 Å². The van der Waals surface area contributed by atoms with E-state index in [0.717, 1.165) is 5.82 Å². The third-order valence-electron chi connectivity index (χ3n) is 7.72. The van der Waals surface area contributed by atoms with Crippen LogP contribution in [0.2, 0.25) is 0 Å². The second-order valence-electron chi connectivity index (χ2n) is 13.2. The fourth-order valence-corrected chi connectivity index (χ4v) is 5.30. The Hall–Kier alpha value is -3.14. The smallest absolute Gasteiger partial charge is 0.237 e. The van der Waals surface area contributed by atoms with Gasteiger partial charge in [-0.15, -0.1) is 0 Å². The van der Waals surface area contributed by atoms with E-state index < -0.39 is 0 Å². The lowest BCUT2D eigenvalue weighted by molar-refractivity contribution is -0.688. The van der Waals surface area contributed by atoms with Crippen LogP contribution in [0.5, 0.6) is 0 Å². The Balaban J connectivity index is 2.12. The highest BCUT2D eigenvalue weighted by Gasteiger charge is 2.36. The molecule has 204 valence electrons. The quantitative estimate of drug-likeness (QED) is 0.255. The number of aryl methyl sites for hydroxylation is 1. The second-order valence-corrected chi connectivity index (χ2v) is 13.2. The summed E-state index contributed by atoms with van der Waals surface area (Å²) in [6.07, 6.45) is 8.88. The summed E-state index contributed by atoms with van der Waals surface area (Å²) in [4.78, 5) is 2.24. The summed E-state index contributed by atoms with van der Waals surface area (Å²) >= 11 is 0. The number of nitrogens with zero attached hydrogens (tertiary/aromatic N) is 4. The lowest BCUT2D eigenvalue weighted by atomic mass is 9.83. The molecule has 0 radical (unpaired) electrons. The van der Waals surface area contributed by atoms with Crippen LogP contribution in [-0.4, -0.2) is 11.6 Å². The first-order valence-corrected chi connectivity index (χ1v) is 13.8. The maximum atomic E-state index is 2.35. The highest BCUT2D eigenvalue weighted by molar-refractivity contribution is 5.42. The Bertz CT molecular complexity index is 1350. The van der Waals surface area contributed by atoms with Crippen molar-refractivity contribution < 1.29 is 9.13 Å². The van der Waals surface area contributed by atoms with Crippen LogP contribution in [0.25, 0.3) is 5.82 Å². The summed E-state index contributed by atoms with van der Waals surface area (Å²) in [6, 6.07) is 15.6. The lowest BCUT2D eigenvalue weighted by Crippen LogP contribution is -2.50. The van der Waals surface area contributed by atoms with Crippen molar-refractivity contribution in [2.45, 2.75) is 80.1 Å². The molecule has 3 aromatic heterocycles. The van der Waals surface area contributed by atoms with Gasteiger partial charge in [0.25, 0.3) is 11.6 Å². The Morgan fingerprint density at radius 1 is 0.868 bits per heavy atom. The van der Waals surface area contributed by atoms with Crippen molar-refractivity contribution in [1.29, 1.82) is 0 Å². The largest absolute Gasteiger partial charge is 0.286 e. The van der Waals surface area contributed by atoms with Gasteiger partial charge >= 0.3 is 0 Å². The van der Waals surface area contributed by atoms with Crippen molar-refractivity contribution in [3.63, 3.8) is 0 Å². The Kier molecular flexibility index (Phi) is 8.17. The SMILES string of the molecule is CC=C/C(=C\N(C)c1cccc(C(C)(C)c2cccc(-n3cc(C(C)(C)C)cc3C)[n+]2C)[n+]1C)C(C)(C)C. The van der Waals surface area contributed by atoms with E-state index in [1.165, 1.54) is 34.0 Å². The van der Waals surface area contributed by atoms with Gasteiger partial charge in [0, 0.05) is 17.7 Å². The number of pyridine rings is 2. The first-order valence-electron chi connectivity index (χ1n) is 13.8. The van der Waals surface area contributed by atoms with E-state index in [1.807, 2.05) is 0 Å². The molecule has 0 aliphatic heterocycles. The molecule has 0 saturated heterocycles. The number of anilines is 1. The molecule has 0 aliphatic rings. The van der Waals surface area contributed by atoms with E-state index >= 15 is 0 Å². The first kappa shape index (κ1) is 29.4. The lowest BCUT2D eigenvalue weighted by Gasteiger charge is -2.27. The molecule has 4 nitrogen and oxygen atoms in total. The van der Waals surface area contributed by atoms with Gasteiger partial charge in [0.05, 0.1) is 32.8 Å². The number of hydrogen-bond donors (Lipinski definition) is 0. The minimum Gasteiger partial charge on any atom is -0.237 e. The van der Waals surface area contributed by atoms with E-state index in [0.29, 0.717) is 0 Å². The number of allylic oxidation sites excluding steroid dienone is 3. The standard InChI is InChI=1S/C34H50N4/c1-14-17-26(32(3,4)5)23-35(11)30-20-15-18-28(36(30)12)34(9,10)29-19-16-21-31(37(29)13)38-24-27(22-25(38)2)33(6,7)8/h14-24H,1-13H3/q+2/b17-14?,26-23+. The van der Waals surface area contributed by atoms with Crippen molar-refractivity contribution in [3.05, 3.63) is 95.2 Å². The molecular formula is C34H50N4+2. The summed E-state index contributed by atoms with van der Waals surface area (Å²) in [5.41, 5.74) is 6.35. The zero-order chi connectivity index (χ0) is 28.6. The normalized spacial score (nSPS) is 13.4. The third-order valence-corrected chi connectivity index (χ3v) is 7.72. The van der Waals surface area contributed by atoms with Gasteiger partial charge in [-0.3, -0.25) is 0 Å². The van der Waals surface area contributed by atoms with Crippen LogP contribution in [0.4, 0.5) is 5.82 Å². The summed E-state index contributed by atoms with van der Waals surface area (Å²) in [7, 11) is 6.51. The Morgan fingerprint density at radius 3 is 1.97 bits per heavy atom. The molecule has 0 aromatic carbocycles. The van der Waals surface area contributed by atoms with E-state index in [-0.39, 0.29) is 16.2 Å². The molecule has 3 heterocycles. The Morgan fingerprint density at radius 2 is 1.45 bits per heavy atom. The molecule has 0 bridgehead atoms. The van der Waals surface area contributed by atoms with Gasteiger partial charge in [0.1, 0.15) is 23.3 Å². The maximum Gasteiger partial charge on any atom is 0.286 e. The molecule has 0 atom stereocenters. The molecule has 0 saturated carbocycles. The van der Waals surface area contributed by atoms with Gasteiger partial charge in [-0.1, -0.05) is 65.8 Å². The van der Waals surface area contributed by atoms with Gasteiger partial charge in [-0.25, -0.2) is 18.6 Å². The van der Waals surface area contributed by atoms with Crippen molar-refractivity contribution in [2.24, 2.45) is 19.5 Å². The molecule has 0 amide bonds. The van der Waals surface area contributed by atoms with Gasteiger partial charge in [0.2, 0.25) is 0 Å². The van der Waals surface area contributed by atoms with Gasteiger partial charge in [-0.2, -0.15) is 0 Å². The molecule has 0 aliphatic carbocycles. The van der Waals surface area contributed by atoms with E-state index in [4.69, 9.17) is 0 Å². The fourth-order valence-electron chi connectivity index (χ4n) is 5.30. The molecule has 0 fully saturated rings. The van der Waals surface area contributed by atoms with Crippen LogP contribution in [-0.2, 0) is 24.9 Å².